The van der Waals surface area contributed by atoms with E-state index in [1.165, 1.54) is 25.7 Å². The van der Waals surface area contributed by atoms with Crippen LogP contribution in [0.5, 0.6) is 0 Å². The molecule has 0 aromatic heterocycles. The molecule has 3 heterocycles. The average molecular weight is 278 g/mol. The van der Waals surface area contributed by atoms with Gasteiger partial charge in [-0.05, 0) is 38.6 Å². The summed E-state index contributed by atoms with van der Waals surface area (Å²) < 4.78 is 0. The fraction of sp³-hybridized carbons (Fsp3) is 0.786. The molecule has 2 atom stereocenters. The molecule has 3 rings (SSSR count). The van der Waals surface area contributed by atoms with Crippen molar-refractivity contribution in [3.8, 4) is 0 Å². The van der Waals surface area contributed by atoms with Crippen LogP contribution in [0.4, 0.5) is 0 Å². The molecule has 0 spiro atoms. The van der Waals surface area contributed by atoms with Crippen LogP contribution in [-0.4, -0.2) is 48.1 Å². The zero-order chi connectivity index (χ0) is 14.1. The number of nitrogens with zero attached hydrogens (tertiary/aromatic N) is 2. The van der Waals surface area contributed by atoms with E-state index in [1.54, 1.807) is 0 Å². The van der Waals surface area contributed by atoms with Gasteiger partial charge < -0.3 is 10.2 Å². The molecular formula is C14H22N4O2. The van der Waals surface area contributed by atoms with Crippen molar-refractivity contribution in [1.82, 2.24) is 15.6 Å². The molecule has 2 fully saturated rings. The Labute approximate surface area is 119 Å². The molecule has 2 amide bonds. The molecule has 0 aliphatic carbocycles. The summed E-state index contributed by atoms with van der Waals surface area (Å²) in [5.74, 6) is 0.330. The number of carbonyl (C=O) groups is 2. The van der Waals surface area contributed by atoms with Gasteiger partial charge in [-0.3, -0.25) is 9.59 Å². The third kappa shape index (κ3) is 2.70. The van der Waals surface area contributed by atoms with Crippen LogP contribution in [0.15, 0.2) is 5.10 Å². The lowest BCUT2D eigenvalue weighted by Gasteiger charge is -2.36. The Kier molecular flexibility index (Phi) is 3.74. The Morgan fingerprint density at radius 2 is 2.05 bits per heavy atom. The summed E-state index contributed by atoms with van der Waals surface area (Å²) in [5, 5.41) is 6.81. The third-order valence-electron chi connectivity index (χ3n) is 4.91. The highest BCUT2D eigenvalue weighted by atomic mass is 16.2. The zero-order valence-electron chi connectivity index (χ0n) is 11.9. The Hall–Kier alpha value is -1.43. The molecule has 110 valence electrons. The minimum absolute atomic E-state index is 0.117. The highest BCUT2D eigenvalue weighted by Gasteiger charge is 2.38. The summed E-state index contributed by atoms with van der Waals surface area (Å²) in [5.41, 5.74) is 2.81. The number of rotatable bonds is 3. The van der Waals surface area contributed by atoms with E-state index in [1.807, 2.05) is 0 Å². The second-order valence-electron chi connectivity index (χ2n) is 6.19. The van der Waals surface area contributed by atoms with E-state index < -0.39 is 0 Å². The molecule has 6 heteroatoms. The van der Waals surface area contributed by atoms with Crippen molar-refractivity contribution in [3.05, 3.63) is 0 Å². The standard InChI is InChI=1S/C14H22N4O2/c1-18-10-2-3-11(18)7-9(6-10)8-15-14(20)12-4-5-13(19)17-16-12/h9-11H,2-8H2,1H3,(H,15,20)(H,17,19). The highest BCUT2D eigenvalue weighted by molar-refractivity contribution is 6.39. The van der Waals surface area contributed by atoms with Crippen LogP contribution < -0.4 is 10.7 Å². The topological polar surface area (TPSA) is 73.8 Å². The highest BCUT2D eigenvalue weighted by Crippen LogP contribution is 2.36. The van der Waals surface area contributed by atoms with Gasteiger partial charge in [0.2, 0.25) is 5.91 Å². The van der Waals surface area contributed by atoms with E-state index in [2.05, 4.69) is 27.8 Å². The van der Waals surface area contributed by atoms with Gasteiger partial charge in [0, 0.05) is 31.5 Å². The van der Waals surface area contributed by atoms with Crippen LogP contribution in [0.1, 0.15) is 38.5 Å². The van der Waals surface area contributed by atoms with Gasteiger partial charge in [-0.2, -0.15) is 5.10 Å². The first kappa shape index (κ1) is 13.5. The maximum Gasteiger partial charge on any atom is 0.267 e. The van der Waals surface area contributed by atoms with Crippen LogP contribution in [0.3, 0.4) is 0 Å². The van der Waals surface area contributed by atoms with Gasteiger partial charge in [-0.15, -0.1) is 0 Å². The lowest BCUT2D eigenvalue weighted by Crippen LogP contribution is -2.44. The maximum absolute atomic E-state index is 12.0. The summed E-state index contributed by atoms with van der Waals surface area (Å²) in [6, 6.07) is 1.39. The monoisotopic (exact) mass is 278 g/mol. The minimum atomic E-state index is -0.128. The number of hydrogen-bond acceptors (Lipinski definition) is 4. The second kappa shape index (κ2) is 5.52. The average Bonchev–Trinajstić information content (AvgIpc) is 2.66. The first-order valence-corrected chi connectivity index (χ1v) is 7.49. The Balaban J connectivity index is 1.48. The van der Waals surface area contributed by atoms with Gasteiger partial charge in [-0.1, -0.05) is 0 Å². The molecule has 3 aliphatic heterocycles. The summed E-state index contributed by atoms with van der Waals surface area (Å²) in [7, 11) is 2.22. The third-order valence-corrected chi connectivity index (χ3v) is 4.91. The largest absolute Gasteiger partial charge is 0.351 e. The molecule has 2 unspecified atom stereocenters. The molecule has 2 N–H and O–H groups in total. The SMILES string of the molecule is CN1C2CCC1CC(CNC(=O)C1=NNC(=O)CC1)C2. The molecule has 0 radical (unpaired) electrons. The van der Waals surface area contributed by atoms with Crippen LogP contribution in [0, 0.1) is 5.92 Å². The number of hydrazone groups is 1. The predicted molar refractivity (Wildman–Crippen MR) is 75.1 cm³/mol. The molecule has 0 aromatic rings. The van der Waals surface area contributed by atoms with Crippen LogP contribution in [0.25, 0.3) is 0 Å². The van der Waals surface area contributed by atoms with Crippen molar-refractivity contribution in [2.24, 2.45) is 11.0 Å². The van der Waals surface area contributed by atoms with Gasteiger partial charge in [0.05, 0.1) is 0 Å². The van der Waals surface area contributed by atoms with Gasteiger partial charge in [0.25, 0.3) is 5.91 Å². The van der Waals surface area contributed by atoms with Crippen molar-refractivity contribution in [2.45, 2.75) is 50.6 Å². The normalized spacial score (nSPS) is 33.5. The van der Waals surface area contributed by atoms with Crippen molar-refractivity contribution in [2.75, 3.05) is 13.6 Å². The van der Waals surface area contributed by atoms with Crippen LogP contribution >= 0.6 is 0 Å². The van der Waals surface area contributed by atoms with Gasteiger partial charge >= 0.3 is 0 Å². The van der Waals surface area contributed by atoms with Gasteiger partial charge in [0.1, 0.15) is 5.71 Å². The second-order valence-corrected chi connectivity index (χ2v) is 6.19. The summed E-state index contributed by atoms with van der Waals surface area (Å²) in [4.78, 5) is 25.5. The Bertz CT molecular complexity index is 434. The molecule has 20 heavy (non-hydrogen) atoms. The number of piperidine rings is 1. The van der Waals surface area contributed by atoms with Crippen LogP contribution in [-0.2, 0) is 9.59 Å². The number of amides is 2. The van der Waals surface area contributed by atoms with E-state index >= 15 is 0 Å². The molecule has 0 aromatic carbocycles. The van der Waals surface area contributed by atoms with Crippen molar-refractivity contribution in [3.63, 3.8) is 0 Å². The van der Waals surface area contributed by atoms with Crippen molar-refractivity contribution >= 4 is 17.5 Å². The van der Waals surface area contributed by atoms with E-state index in [-0.39, 0.29) is 11.8 Å². The van der Waals surface area contributed by atoms with Crippen molar-refractivity contribution < 1.29 is 9.59 Å². The lowest BCUT2D eigenvalue weighted by molar-refractivity contribution is -0.121. The number of hydrogen-bond donors (Lipinski definition) is 2. The van der Waals surface area contributed by atoms with Crippen molar-refractivity contribution in [1.29, 1.82) is 0 Å². The molecule has 0 saturated carbocycles. The molecule has 2 saturated heterocycles. The maximum atomic E-state index is 12.0. The van der Waals surface area contributed by atoms with E-state index in [9.17, 15) is 9.59 Å². The Morgan fingerprint density at radius 1 is 1.35 bits per heavy atom. The minimum Gasteiger partial charge on any atom is -0.351 e. The summed E-state index contributed by atoms with van der Waals surface area (Å²) >= 11 is 0. The predicted octanol–water partition coefficient (Wildman–Crippen LogP) is 0.241. The molecule has 6 nitrogen and oxygen atoms in total. The fourth-order valence-corrected chi connectivity index (χ4v) is 3.67. The van der Waals surface area contributed by atoms with E-state index in [0.29, 0.717) is 36.6 Å². The number of nitrogens with one attached hydrogen (secondary N) is 2. The fourth-order valence-electron chi connectivity index (χ4n) is 3.67. The van der Waals surface area contributed by atoms with Gasteiger partial charge in [-0.25, -0.2) is 5.43 Å². The van der Waals surface area contributed by atoms with Gasteiger partial charge in [0.15, 0.2) is 0 Å². The molecule has 3 aliphatic rings. The van der Waals surface area contributed by atoms with E-state index in [0.717, 1.165) is 6.54 Å². The quantitative estimate of drug-likeness (QED) is 0.777. The zero-order valence-corrected chi connectivity index (χ0v) is 11.9. The van der Waals surface area contributed by atoms with E-state index in [4.69, 9.17) is 0 Å². The first-order chi connectivity index (χ1) is 9.63. The summed E-state index contributed by atoms with van der Waals surface area (Å²) in [6.07, 6.45) is 5.74. The lowest BCUT2D eigenvalue weighted by atomic mass is 9.91. The first-order valence-electron chi connectivity index (χ1n) is 7.49. The number of carbonyl (C=O) groups excluding carboxylic acids is 2. The molecular weight excluding hydrogens is 256 g/mol. The molecule has 2 bridgehead atoms. The Morgan fingerprint density at radius 3 is 2.65 bits per heavy atom. The number of fused-ring (bicyclic) bond motifs is 2. The summed E-state index contributed by atoms with van der Waals surface area (Å²) in [6.45, 7) is 0.729. The van der Waals surface area contributed by atoms with Crippen LogP contribution in [0.2, 0.25) is 0 Å². The smallest absolute Gasteiger partial charge is 0.267 e.